The molecule has 2 aromatic rings. The summed E-state index contributed by atoms with van der Waals surface area (Å²) >= 11 is 0. The number of halogens is 1. The zero-order valence-corrected chi connectivity index (χ0v) is 15.6. The van der Waals surface area contributed by atoms with Crippen LogP contribution in [0.4, 0.5) is 4.39 Å². The number of hydrogen-bond donors (Lipinski definition) is 1. The van der Waals surface area contributed by atoms with E-state index >= 15 is 0 Å². The standard InChI is InChI=1S/C21H23FN3O/c1-7-17-14(4)20(12(2)10-13(3)22)25(6)19-11-16(8-9-18(17)19)21-23-15(5)24-26-21/h7-11,15,24H,3-4H2,1-2,5-6H3/q+1. The summed E-state index contributed by atoms with van der Waals surface area (Å²) in [6.45, 7) is 13.3. The topological polar surface area (TPSA) is 37.5 Å². The molecule has 0 saturated heterocycles. The van der Waals surface area contributed by atoms with E-state index in [-0.39, 0.29) is 6.17 Å². The van der Waals surface area contributed by atoms with Crippen LogP contribution in [0.2, 0.25) is 0 Å². The summed E-state index contributed by atoms with van der Waals surface area (Å²) in [5.74, 6) is 0.0811. The first-order valence-corrected chi connectivity index (χ1v) is 8.48. The molecule has 0 radical (unpaired) electrons. The van der Waals surface area contributed by atoms with Crippen molar-refractivity contribution in [3.8, 4) is 0 Å². The molecule has 1 aliphatic heterocycles. The van der Waals surface area contributed by atoms with Crippen LogP contribution in [-0.4, -0.2) is 12.1 Å². The van der Waals surface area contributed by atoms with Crippen molar-refractivity contribution in [3.63, 3.8) is 0 Å². The van der Waals surface area contributed by atoms with E-state index in [4.69, 9.17) is 4.84 Å². The Kier molecular flexibility index (Phi) is 4.74. The average Bonchev–Trinajstić information content (AvgIpc) is 3.01. The SMILES string of the molecule is C=C(F)C=C(C)c1c(=C)c(=CC)c2ccc(C3=NC(C)NO3)cc2[n+]1C. The van der Waals surface area contributed by atoms with Crippen molar-refractivity contribution in [2.24, 2.45) is 12.0 Å². The number of nitrogens with zero attached hydrogens (tertiary/aromatic N) is 2. The molecule has 1 N–H and O–H groups in total. The van der Waals surface area contributed by atoms with E-state index in [1.54, 1.807) is 0 Å². The first-order valence-electron chi connectivity index (χ1n) is 8.48. The molecule has 1 aromatic heterocycles. The van der Waals surface area contributed by atoms with Gasteiger partial charge in [-0.3, -0.25) is 0 Å². The molecule has 134 valence electrons. The van der Waals surface area contributed by atoms with Gasteiger partial charge in [0.25, 0.3) is 0 Å². The van der Waals surface area contributed by atoms with Gasteiger partial charge in [-0.2, -0.15) is 4.57 Å². The van der Waals surface area contributed by atoms with Crippen molar-refractivity contribution in [2.45, 2.75) is 26.9 Å². The fourth-order valence-corrected chi connectivity index (χ4v) is 3.42. The van der Waals surface area contributed by atoms with E-state index in [1.165, 1.54) is 6.08 Å². The third-order valence-electron chi connectivity index (χ3n) is 4.51. The Morgan fingerprint density at radius 2 is 2.15 bits per heavy atom. The van der Waals surface area contributed by atoms with Gasteiger partial charge in [0, 0.05) is 22.4 Å². The van der Waals surface area contributed by atoms with Gasteiger partial charge >= 0.3 is 0 Å². The monoisotopic (exact) mass is 352 g/mol. The summed E-state index contributed by atoms with van der Waals surface area (Å²) in [7, 11) is 1.95. The van der Waals surface area contributed by atoms with Crippen molar-refractivity contribution in [2.75, 3.05) is 0 Å². The summed E-state index contributed by atoms with van der Waals surface area (Å²) in [6.07, 6.45) is 3.38. The van der Waals surface area contributed by atoms with Crippen LogP contribution in [-0.2, 0) is 11.9 Å². The van der Waals surface area contributed by atoms with E-state index in [0.717, 1.165) is 38.2 Å². The van der Waals surface area contributed by atoms with Crippen LogP contribution in [0, 0.1) is 0 Å². The molecule has 3 rings (SSSR count). The van der Waals surface area contributed by atoms with Gasteiger partial charge in [0.15, 0.2) is 0 Å². The predicted octanol–water partition coefficient (Wildman–Crippen LogP) is 2.39. The highest BCUT2D eigenvalue weighted by molar-refractivity contribution is 5.98. The van der Waals surface area contributed by atoms with E-state index in [0.29, 0.717) is 5.90 Å². The van der Waals surface area contributed by atoms with Crippen molar-refractivity contribution >= 4 is 35.0 Å². The second-order valence-electron chi connectivity index (χ2n) is 6.42. The maximum atomic E-state index is 13.4. The van der Waals surface area contributed by atoms with Crippen molar-refractivity contribution in [1.29, 1.82) is 0 Å². The van der Waals surface area contributed by atoms with Gasteiger partial charge in [-0.15, -0.1) is 5.48 Å². The number of nitrogens with one attached hydrogen (secondary N) is 1. The molecular weight excluding hydrogens is 329 g/mol. The number of hydroxylamine groups is 1. The molecule has 1 aliphatic rings. The van der Waals surface area contributed by atoms with Gasteiger partial charge in [-0.05, 0) is 44.2 Å². The summed E-state index contributed by atoms with van der Waals surface area (Å²) in [5.41, 5.74) is 6.33. The molecule has 1 aromatic carbocycles. The van der Waals surface area contributed by atoms with E-state index < -0.39 is 5.83 Å². The number of aromatic nitrogens is 1. The van der Waals surface area contributed by atoms with Crippen LogP contribution in [0.15, 0.2) is 41.7 Å². The number of rotatable bonds is 3. The second-order valence-corrected chi connectivity index (χ2v) is 6.42. The molecule has 4 nitrogen and oxygen atoms in total. The molecule has 0 aliphatic carbocycles. The minimum Gasteiger partial charge on any atom is -0.386 e. The number of fused-ring (bicyclic) bond motifs is 1. The van der Waals surface area contributed by atoms with Gasteiger partial charge < -0.3 is 4.84 Å². The highest BCUT2D eigenvalue weighted by Gasteiger charge is 2.21. The molecule has 0 fully saturated rings. The molecule has 0 amide bonds. The van der Waals surface area contributed by atoms with Crippen LogP contribution < -0.4 is 20.5 Å². The zero-order valence-electron chi connectivity index (χ0n) is 15.6. The first kappa shape index (κ1) is 18.0. The normalized spacial score (nSPS) is 18.2. The van der Waals surface area contributed by atoms with Gasteiger partial charge in [0.05, 0.1) is 5.39 Å². The fraction of sp³-hybridized carbons (Fsp3) is 0.238. The van der Waals surface area contributed by atoms with Crippen LogP contribution in [0.5, 0.6) is 0 Å². The highest BCUT2D eigenvalue weighted by atomic mass is 19.1. The first-order chi connectivity index (χ1) is 12.3. The van der Waals surface area contributed by atoms with E-state index in [2.05, 4.69) is 23.6 Å². The molecule has 5 heteroatoms. The van der Waals surface area contributed by atoms with Gasteiger partial charge in [0.2, 0.25) is 17.1 Å². The fourth-order valence-electron chi connectivity index (χ4n) is 3.42. The second kappa shape index (κ2) is 6.84. The van der Waals surface area contributed by atoms with Crippen LogP contribution in [0.3, 0.4) is 0 Å². The molecule has 26 heavy (non-hydrogen) atoms. The lowest BCUT2D eigenvalue weighted by atomic mass is 10.0. The summed E-state index contributed by atoms with van der Waals surface area (Å²) in [5, 5.41) is 2.95. The lowest BCUT2D eigenvalue weighted by molar-refractivity contribution is -0.648. The van der Waals surface area contributed by atoms with E-state index in [1.807, 2.05) is 56.7 Å². The Hall–Kier alpha value is -2.79. The Labute approximate surface area is 152 Å². The third-order valence-corrected chi connectivity index (χ3v) is 4.51. The van der Waals surface area contributed by atoms with Crippen molar-refractivity contribution in [3.05, 3.63) is 58.4 Å². The summed E-state index contributed by atoms with van der Waals surface area (Å²) in [4.78, 5) is 9.88. The molecule has 1 atom stereocenters. The number of allylic oxidation sites excluding steroid dienone is 3. The Morgan fingerprint density at radius 1 is 1.42 bits per heavy atom. The highest BCUT2D eigenvalue weighted by Crippen LogP contribution is 2.16. The smallest absolute Gasteiger partial charge is 0.242 e. The lowest BCUT2D eigenvalue weighted by Gasteiger charge is -2.08. The van der Waals surface area contributed by atoms with Crippen LogP contribution in [0.25, 0.3) is 29.1 Å². The molecule has 2 heterocycles. The minimum atomic E-state index is -0.480. The Bertz CT molecular complexity index is 1080. The average molecular weight is 352 g/mol. The number of aryl methyl sites for hydroxylation is 1. The maximum Gasteiger partial charge on any atom is 0.242 e. The van der Waals surface area contributed by atoms with Crippen LogP contribution >= 0.6 is 0 Å². The van der Waals surface area contributed by atoms with Gasteiger partial charge in [-0.1, -0.05) is 19.2 Å². The Morgan fingerprint density at radius 3 is 2.73 bits per heavy atom. The Balaban J connectivity index is 2.35. The quantitative estimate of drug-likeness (QED) is 0.680. The van der Waals surface area contributed by atoms with Crippen molar-refractivity contribution in [1.82, 2.24) is 5.48 Å². The van der Waals surface area contributed by atoms with E-state index in [9.17, 15) is 4.39 Å². The van der Waals surface area contributed by atoms with Gasteiger partial charge in [-0.25, -0.2) is 9.38 Å². The molecule has 0 saturated carbocycles. The molecule has 1 unspecified atom stereocenters. The number of pyridine rings is 1. The van der Waals surface area contributed by atoms with Crippen LogP contribution in [0.1, 0.15) is 32.0 Å². The lowest BCUT2D eigenvalue weighted by Crippen LogP contribution is -2.46. The predicted molar refractivity (Wildman–Crippen MR) is 104 cm³/mol. The van der Waals surface area contributed by atoms with Crippen molar-refractivity contribution < 1.29 is 13.8 Å². The number of hydrogen-bond acceptors (Lipinski definition) is 3. The molecule has 0 spiro atoms. The van der Waals surface area contributed by atoms with Gasteiger partial charge in [0.1, 0.15) is 19.0 Å². The summed E-state index contributed by atoms with van der Waals surface area (Å²) in [6, 6.07) is 6.06. The molecular formula is C21H23FN3O+. The number of aliphatic imine (C=N–C) groups is 1. The minimum absolute atomic E-state index is 0.0764. The molecule has 0 bridgehead atoms. The summed E-state index contributed by atoms with van der Waals surface area (Å²) < 4.78 is 15.4. The number of benzene rings is 1. The largest absolute Gasteiger partial charge is 0.386 e. The maximum absolute atomic E-state index is 13.4. The zero-order chi connectivity index (χ0) is 19.0. The third kappa shape index (κ3) is 3.06.